The van der Waals surface area contributed by atoms with E-state index < -0.39 is 0 Å². The van der Waals surface area contributed by atoms with E-state index in [1.54, 1.807) is 6.20 Å². The first-order valence-corrected chi connectivity index (χ1v) is 4.72. The summed E-state index contributed by atoms with van der Waals surface area (Å²) in [4.78, 5) is 0. The Bertz CT molecular complexity index is 220. The molecular weight excluding hydrogens is 166 g/mol. The molecule has 13 heavy (non-hydrogen) atoms. The summed E-state index contributed by atoms with van der Waals surface area (Å²) in [5, 5.41) is 12.7. The lowest BCUT2D eigenvalue weighted by molar-refractivity contribution is -0.825. The van der Waals surface area contributed by atoms with Gasteiger partial charge in [0.25, 0.3) is 0 Å². The number of nitrogens with two attached hydrogens (primary N) is 1. The van der Waals surface area contributed by atoms with Gasteiger partial charge in [-0.05, 0) is 5.92 Å². The summed E-state index contributed by atoms with van der Waals surface area (Å²) >= 11 is 0. The highest BCUT2D eigenvalue weighted by atomic mass is 16.5. The minimum Gasteiger partial charge on any atom is -0.266 e. The molecule has 76 valence electrons. The van der Waals surface area contributed by atoms with Crippen molar-refractivity contribution in [2.45, 2.75) is 34.2 Å². The molecule has 0 radical (unpaired) electrons. The van der Waals surface area contributed by atoms with E-state index in [-0.39, 0.29) is 0 Å². The molecule has 3 N–H and O–H groups in total. The van der Waals surface area contributed by atoms with Gasteiger partial charge in [0, 0.05) is 6.54 Å². The normalized spacial score (nSPS) is 9.69. The summed E-state index contributed by atoms with van der Waals surface area (Å²) in [6.07, 6.45) is 3.46. The molecule has 0 atom stereocenters. The van der Waals surface area contributed by atoms with Crippen molar-refractivity contribution < 1.29 is 10.7 Å². The molecule has 1 heterocycles. The lowest BCUT2D eigenvalue weighted by Gasteiger charge is -2.02. The van der Waals surface area contributed by atoms with Crippen LogP contribution in [0.3, 0.4) is 0 Å². The number of rotatable bonds is 3. The summed E-state index contributed by atoms with van der Waals surface area (Å²) in [5.41, 5.74) is 1.81. The summed E-state index contributed by atoms with van der Waals surface area (Å²) in [6.45, 7) is 9.15. The maximum absolute atomic E-state index is 8.61. The first-order chi connectivity index (χ1) is 6.22. The Morgan fingerprint density at radius 2 is 2.15 bits per heavy atom. The van der Waals surface area contributed by atoms with Crippen LogP contribution in [0.25, 0.3) is 0 Å². The first kappa shape index (κ1) is 12.1. The molecule has 1 rings (SSSR count). The second kappa shape index (κ2) is 6.62. The Kier molecular flexibility index (Phi) is 6.18. The van der Waals surface area contributed by atoms with Crippen molar-refractivity contribution in [2.24, 2.45) is 5.92 Å². The highest BCUT2D eigenvalue weighted by Gasteiger charge is 2.01. The van der Waals surface area contributed by atoms with Crippen LogP contribution < -0.4 is 5.48 Å². The SMILES string of the molecule is CC.CC(C)Cn1cc([NH2+]O)cn1. The molecule has 0 saturated heterocycles. The highest BCUT2D eigenvalue weighted by Crippen LogP contribution is 2.00. The standard InChI is InChI=1S/C7H13N3O.C2H6/c1-6(2)4-10-5-7(9-11)3-8-10;1-2/h3,5-6,9,11H,4H2,1-2H3;1-2H3/p+1. The molecule has 0 amide bonds. The van der Waals surface area contributed by atoms with Crippen LogP contribution >= 0.6 is 0 Å². The molecule has 0 spiro atoms. The fourth-order valence-electron chi connectivity index (χ4n) is 0.920. The zero-order valence-electron chi connectivity index (χ0n) is 8.86. The molecule has 0 saturated carbocycles. The van der Waals surface area contributed by atoms with Crippen LogP contribution in [0, 0.1) is 5.92 Å². The van der Waals surface area contributed by atoms with E-state index in [1.807, 2.05) is 24.7 Å². The van der Waals surface area contributed by atoms with Gasteiger partial charge in [0.15, 0.2) is 5.69 Å². The van der Waals surface area contributed by atoms with Crippen LogP contribution in [0.2, 0.25) is 0 Å². The molecule has 0 bridgehead atoms. The van der Waals surface area contributed by atoms with Crippen LogP contribution in [0.15, 0.2) is 12.4 Å². The molecule has 0 aliphatic rings. The maximum atomic E-state index is 8.61. The minimum atomic E-state index is 0.585. The molecule has 0 aromatic carbocycles. The lowest BCUT2D eigenvalue weighted by atomic mass is 10.2. The molecule has 4 heteroatoms. The third-order valence-electron chi connectivity index (χ3n) is 1.35. The van der Waals surface area contributed by atoms with Crippen LogP contribution in [0.5, 0.6) is 0 Å². The first-order valence-electron chi connectivity index (χ1n) is 4.72. The monoisotopic (exact) mass is 186 g/mol. The number of hydrogen-bond acceptors (Lipinski definition) is 2. The van der Waals surface area contributed by atoms with Gasteiger partial charge in [-0.1, -0.05) is 27.7 Å². The van der Waals surface area contributed by atoms with Crippen LogP contribution in [0.4, 0.5) is 5.69 Å². The van der Waals surface area contributed by atoms with E-state index in [1.165, 1.54) is 0 Å². The number of hydrogen-bond donors (Lipinski definition) is 2. The summed E-state index contributed by atoms with van der Waals surface area (Å²) in [6, 6.07) is 0. The van der Waals surface area contributed by atoms with Crippen molar-refractivity contribution >= 4 is 5.69 Å². The zero-order chi connectivity index (χ0) is 10.3. The Morgan fingerprint density at radius 1 is 1.54 bits per heavy atom. The fraction of sp³-hybridized carbons (Fsp3) is 0.667. The topological polar surface area (TPSA) is 54.7 Å². The third kappa shape index (κ3) is 4.65. The Balaban J connectivity index is 0.000000671. The molecule has 1 aromatic heterocycles. The average Bonchev–Trinajstić information content (AvgIpc) is 2.55. The van der Waals surface area contributed by atoms with Crippen molar-refractivity contribution in [3.05, 3.63) is 12.4 Å². The van der Waals surface area contributed by atoms with E-state index in [9.17, 15) is 0 Å². The predicted octanol–water partition coefficient (Wildman–Crippen LogP) is 1.15. The van der Waals surface area contributed by atoms with Gasteiger partial charge < -0.3 is 0 Å². The van der Waals surface area contributed by atoms with Crippen LogP contribution in [-0.2, 0) is 6.54 Å². The Morgan fingerprint density at radius 3 is 2.54 bits per heavy atom. The van der Waals surface area contributed by atoms with E-state index in [4.69, 9.17) is 5.21 Å². The van der Waals surface area contributed by atoms with E-state index in [0.717, 1.165) is 17.7 Å². The molecule has 1 aromatic rings. The van der Waals surface area contributed by atoms with Crippen molar-refractivity contribution in [3.8, 4) is 0 Å². The van der Waals surface area contributed by atoms with Crippen LogP contribution in [-0.4, -0.2) is 15.0 Å². The van der Waals surface area contributed by atoms with Gasteiger partial charge in [0.05, 0.1) is 6.20 Å². The largest absolute Gasteiger partial charge is 0.266 e. The van der Waals surface area contributed by atoms with Gasteiger partial charge in [0.2, 0.25) is 0 Å². The smallest absolute Gasteiger partial charge is 0.200 e. The van der Waals surface area contributed by atoms with Gasteiger partial charge in [-0.3, -0.25) is 4.68 Å². The molecule has 0 unspecified atom stereocenters. The Hall–Kier alpha value is -0.870. The van der Waals surface area contributed by atoms with E-state index >= 15 is 0 Å². The maximum Gasteiger partial charge on any atom is 0.200 e. The third-order valence-corrected chi connectivity index (χ3v) is 1.35. The molecule has 0 fully saturated rings. The summed E-state index contributed by atoms with van der Waals surface area (Å²) in [5.74, 6) is 0.585. The second-order valence-electron chi connectivity index (χ2n) is 3.02. The van der Waals surface area contributed by atoms with Crippen molar-refractivity contribution in [1.29, 1.82) is 0 Å². The molecular formula is C9H20N3O+. The lowest BCUT2D eigenvalue weighted by Crippen LogP contribution is -2.73. The number of nitrogens with zero attached hydrogens (tertiary/aromatic N) is 2. The molecule has 0 aliphatic heterocycles. The van der Waals surface area contributed by atoms with Crippen molar-refractivity contribution in [2.75, 3.05) is 0 Å². The Labute approximate surface area is 79.5 Å². The quantitative estimate of drug-likeness (QED) is 0.696. The molecule has 0 aliphatic carbocycles. The fourth-order valence-corrected chi connectivity index (χ4v) is 0.920. The molecule has 4 nitrogen and oxygen atoms in total. The summed E-state index contributed by atoms with van der Waals surface area (Å²) in [7, 11) is 0. The van der Waals surface area contributed by atoms with Gasteiger partial charge in [-0.15, -0.1) is 0 Å². The second-order valence-corrected chi connectivity index (χ2v) is 3.02. The van der Waals surface area contributed by atoms with Crippen molar-refractivity contribution in [3.63, 3.8) is 0 Å². The van der Waals surface area contributed by atoms with Gasteiger partial charge in [-0.2, -0.15) is 10.6 Å². The average molecular weight is 186 g/mol. The van der Waals surface area contributed by atoms with Gasteiger partial charge >= 0.3 is 0 Å². The number of quaternary nitrogens is 1. The van der Waals surface area contributed by atoms with Crippen molar-refractivity contribution in [1.82, 2.24) is 9.78 Å². The predicted molar refractivity (Wildman–Crippen MR) is 51.8 cm³/mol. The summed E-state index contributed by atoms with van der Waals surface area (Å²) < 4.78 is 1.83. The van der Waals surface area contributed by atoms with Gasteiger partial charge in [0.1, 0.15) is 6.20 Å². The number of aromatic nitrogens is 2. The van der Waals surface area contributed by atoms with Crippen LogP contribution in [0.1, 0.15) is 27.7 Å². The van der Waals surface area contributed by atoms with E-state index in [2.05, 4.69) is 18.9 Å². The minimum absolute atomic E-state index is 0.585. The highest BCUT2D eigenvalue weighted by molar-refractivity contribution is 5.18. The zero-order valence-corrected chi connectivity index (χ0v) is 8.86. The van der Waals surface area contributed by atoms with E-state index in [0.29, 0.717) is 5.92 Å². The van der Waals surface area contributed by atoms with Gasteiger partial charge in [-0.25, -0.2) is 5.21 Å².